The fourth-order valence-corrected chi connectivity index (χ4v) is 0.920. The van der Waals surface area contributed by atoms with Crippen LogP contribution in [0.2, 0.25) is 0 Å². The van der Waals surface area contributed by atoms with E-state index in [4.69, 9.17) is 0 Å². The third-order valence-corrected chi connectivity index (χ3v) is 1.43. The summed E-state index contributed by atoms with van der Waals surface area (Å²) >= 11 is 2.17. The number of rotatable bonds is 3. The van der Waals surface area contributed by atoms with Gasteiger partial charge in [-0.3, -0.25) is 10.1 Å². The predicted molar refractivity (Wildman–Crippen MR) is 42.2 cm³/mol. The quantitative estimate of drug-likeness (QED) is 0.441. The second-order valence-corrected chi connectivity index (χ2v) is 2.43. The lowest BCUT2D eigenvalue weighted by Crippen LogP contribution is -2.30. The number of alkyl halides is 1. The van der Waals surface area contributed by atoms with Crippen LogP contribution < -0.4 is 5.32 Å². The summed E-state index contributed by atoms with van der Waals surface area (Å²) in [4.78, 5) is 10.5. The molecule has 0 rings (SSSR count). The van der Waals surface area contributed by atoms with Crippen molar-refractivity contribution in [3.63, 3.8) is 0 Å². The Kier molecular flexibility index (Phi) is 4.45. The van der Waals surface area contributed by atoms with Gasteiger partial charge in [-0.15, -0.1) is 0 Å². The molecule has 0 aliphatic rings. The van der Waals surface area contributed by atoms with E-state index in [-0.39, 0.29) is 11.8 Å². The normalized spacial score (nSPS) is 13.4. The molecule has 0 bridgehead atoms. The number of hydrogen-bond donors (Lipinski definition) is 1. The van der Waals surface area contributed by atoms with Crippen molar-refractivity contribution < 1.29 is 4.79 Å². The molecule has 0 radical (unpaired) electrons. The zero-order valence-electron chi connectivity index (χ0n) is 5.07. The van der Waals surface area contributed by atoms with Crippen molar-refractivity contribution in [1.29, 1.82) is 0 Å². The second kappa shape index (κ2) is 4.26. The standard InChI is InChI=1S/C5H10INO/c1-4(5(2)8)7-3-6/h4,7H,3H2,1-2H3/t4-/m0/s1. The zero-order chi connectivity index (χ0) is 6.57. The van der Waals surface area contributed by atoms with Crippen molar-refractivity contribution in [1.82, 2.24) is 5.32 Å². The van der Waals surface area contributed by atoms with Crippen molar-refractivity contribution in [3.8, 4) is 0 Å². The molecule has 0 aromatic rings. The van der Waals surface area contributed by atoms with Crippen LogP contribution in [0.3, 0.4) is 0 Å². The Bertz CT molecular complexity index is 84.5. The molecule has 0 saturated heterocycles. The van der Waals surface area contributed by atoms with Crippen LogP contribution in [-0.4, -0.2) is 16.4 Å². The molecule has 0 aromatic carbocycles. The first-order chi connectivity index (χ1) is 3.68. The Balaban J connectivity index is 3.32. The summed E-state index contributed by atoms with van der Waals surface area (Å²) in [7, 11) is 0. The van der Waals surface area contributed by atoms with E-state index in [1.54, 1.807) is 6.92 Å². The average Bonchev–Trinajstić information content (AvgIpc) is 1.67. The highest BCUT2D eigenvalue weighted by Crippen LogP contribution is 1.84. The molecule has 1 atom stereocenters. The van der Waals surface area contributed by atoms with Gasteiger partial charge in [-0.1, -0.05) is 22.6 Å². The van der Waals surface area contributed by atoms with E-state index in [0.717, 1.165) is 4.55 Å². The zero-order valence-corrected chi connectivity index (χ0v) is 7.23. The number of ketones is 1. The van der Waals surface area contributed by atoms with Gasteiger partial charge in [-0.05, 0) is 13.8 Å². The number of carbonyl (C=O) groups excluding carboxylic acids is 1. The summed E-state index contributed by atoms with van der Waals surface area (Å²) in [6, 6.07) is 0.0203. The van der Waals surface area contributed by atoms with Gasteiger partial charge in [0.15, 0.2) is 0 Å². The van der Waals surface area contributed by atoms with Gasteiger partial charge < -0.3 is 0 Å². The molecular formula is C5H10INO. The number of Topliss-reactive ketones (excluding diaryl/α,β-unsaturated/α-hetero) is 1. The van der Waals surface area contributed by atoms with Gasteiger partial charge in [0.2, 0.25) is 0 Å². The SMILES string of the molecule is CC(=O)[C@H](C)NCI. The molecule has 48 valence electrons. The van der Waals surface area contributed by atoms with Crippen LogP contribution in [0.25, 0.3) is 0 Å². The summed E-state index contributed by atoms with van der Waals surface area (Å²) in [6.07, 6.45) is 0. The third-order valence-electron chi connectivity index (χ3n) is 0.993. The monoisotopic (exact) mass is 227 g/mol. The van der Waals surface area contributed by atoms with Gasteiger partial charge in [-0.25, -0.2) is 0 Å². The van der Waals surface area contributed by atoms with Gasteiger partial charge in [0.05, 0.1) is 6.04 Å². The van der Waals surface area contributed by atoms with Crippen molar-refractivity contribution in [2.45, 2.75) is 19.9 Å². The van der Waals surface area contributed by atoms with Crippen molar-refractivity contribution in [2.75, 3.05) is 4.55 Å². The van der Waals surface area contributed by atoms with Crippen LogP contribution in [0, 0.1) is 0 Å². The Hall–Kier alpha value is 0.360. The largest absolute Gasteiger partial charge is 0.299 e. The Labute approximate surface area is 63.2 Å². The molecule has 1 N–H and O–H groups in total. The van der Waals surface area contributed by atoms with E-state index in [0.29, 0.717) is 0 Å². The van der Waals surface area contributed by atoms with E-state index < -0.39 is 0 Å². The van der Waals surface area contributed by atoms with Crippen LogP contribution in [0.15, 0.2) is 0 Å². The fourth-order valence-electron chi connectivity index (χ4n) is 0.259. The van der Waals surface area contributed by atoms with Gasteiger partial charge in [0.1, 0.15) is 5.78 Å². The lowest BCUT2D eigenvalue weighted by Gasteiger charge is -2.04. The summed E-state index contributed by atoms with van der Waals surface area (Å²) in [5, 5.41) is 2.98. The highest BCUT2D eigenvalue weighted by Gasteiger charge is 2.02. The van der Waals surface area contributed by atoms with E-state index in [1.807, 2.05) is 6.92 Å². The lowest BCUT2D eigenvalue weighted by atomic mass is 10.2. The maximum Gasteiger partial charge on any atom is 0.146 e. The highest BCUT2D eigenvalue weighted by atomic mass is 127. The molecular weight excluding hydrogens is 217 g/mol. The van der Waals surface area contributed by atoms with Crippen LogP contribution in [0.4, 0.5) is 0 Å². The maximum absolute atomic E-state index is 10.5. The minimum atomic E-state index is 0.0203. The first kappa shape index (κ1) is 8.36. The van der Waals surface area contributed by atoms with Crippen LogP contribution >= 0.6 is 22.6 Å². The van der Waals surface area contributed by atoms with Crippen LogP contribution in [0.5, 0.6) is 0 Å². The first-order valence-corrected chi connectivity index (χ1v) is 4.01. The smallest absolute Gasteiger partial charge is 0.146 e. The van der Waals surface area contributed by atoms with E-state index in [1.165, 1.54) is 0 Å². The number of carbonyl (C=O) groups is 1. The molecule has 0 heterocycles. The van der Waals surface area contributed by atoms with Crippen molar-refractivity contribution in [3.05, 3.63) is 0 Å². The summed E-state index contributed by atoms with van der Waals surface area (Å²) in [5.74, 6) is 0.196. The highest BCUT2D eigenvalue weighted by molar-refractivity contribution is 14.1. The van der Waals surface area contributed by atoms with Gasteiger partial charge in [0.25, 0.3) is 0 Å². The van der Waals surface area contributed by atoms with E-state index >= 15 is 0 Å². The molecule has 2 nitrogen and oxygen atoms in total. The van der Waals surface area contributed by atoms with Crippen LogP contribution in [0.1, 0.15) is 13.8 Å². The van der Waals surface area contributed by atoms with Crippen molar-refractivity contribution >= 4 is 28.4 Å². The first-order valence-electron chi connectivity index (χ1n) is 2.48. The Morgan fingerprint density at radius 2 is 2.38 bits per heavy atom. The number of hydrogen-bond acceptors (Lipinski definition) is 2. The van der Waals surface area contributed by atoms with Crippen LogP contribution in [-0.2, 0) is 4.79 Å². The lowest BCUT2D eigenvalue weighted by molar-refractivity contribution is -0.118. The number of halogens is 1. The summed E-state index contributed by atoms with van der Waals surface area (Å²) in [5.41, 5.74) is 0. The van der Waals surface area contributed by atoms with Crippen molar-refractivity contribution in [2.24, 2.45) is 0 Å². The van der Waals surface area contributed by atoms with Gasteiger partial charge >= 0.3 is 0 Å². The predicted octanol–water partition coefficient (Wildman–Crippen LogP) is 0.946. The average molecular weight is 227 g/mol. The minimum Gasteiger partial charge on any atom is -0.299 e. The third kappa shape index (κ3) is 3.37. The second-order valence-electron chi connectivity index (χ2n) is 1.67. The molecule has 0 aliphatic carbocycles. The van der Waals surface area contributed by atoms with Gasteiger partial charge in [0, 0.05) is 4.55 Å². The molecule has 8 heavy (non-hydrogen) atoms. The summed E-state index contributed by atoms with van der Waals surface area (Å²) in [6.45, 7) is 3.45. The van der Waals surface area contributed by atoms with E-state index in [2.05, 4.69) is 27.9 Å². The summed E-state index contributed by atoms with van der Waals surface area (Å²) < 4.78 is 0.832. The van der Waals surface area contributed by atoms with E-state index in [9.17, 15) is 4.79 Å². The Morgan fingerprint density at radius 1 is 1.88 bits per heavy atom. The Morgan fingerprint density at radius 3 is 2.50 bits per heavy atom. The van der Waals surface area contributed by atoms with Gasteiger partial charge in [-0.2, -0.15) is 0 Å². The molecule has 0 unspecified atom stereocenters. The molecule has 0 aliphatic heterocycles. The molecule has 3 heteroatoms. The topological polar surface area (TPSA) is 29.1 Å². The maximum atomic E-state index is 10.5. The number of nitrogens with one attached hydrogen (secondary N) is 1. The molecule has 0 spiro atoms. The molecule has 0 saturated carbocycles. The minimum absolute atomic E-state index is 0.0203. The fraction of sp³-hybridized carbons (Fsp3) is 0.800. The molecule has 0 fully saturated rings. The molecule has 0 amide bonds. The molecule has 0 aromatic heterocycles.